The molecule has 0 radical (unpaired) electrons. The van der Waals surface area contributed by atoms with Crippen molar-refractivity contribution in [2.24, 2.45) is 0 Å². The minimum Gasteiger partial charge on any atom is -0.457 e. The maximum Gasteiger partial charge on any atom is 0.251 e. The van der Waals surface area contributed by atoms with Crippen molar-refractivity contribution in [3.8, 4) is 11.5 Å². The summed E-state index contributed by atoms with van der Waals surface area (Å²) in [6.07, 6.45) is 2.14. The Bertz CT molecular complexity index is 1200. The third kappa shape index (κ3) is 7.00. The molecule has 186 valence electrons. The molecule has 7 nitrogen and oxygen atoms in total. The van der Waals surface area contributed by atoms with E-state index in [2.05, 4.69) is 10.6 Å². The molecule has 3 aromatic rings. The van der Waals surface area contributed by atoms with E-state index in [1.54, 1.807) is 12.2 Å². The molecule has 0 saturated carbocycles. The van der Waals surface area contributed by atoms with Crippen LogP contribution >= 0.6 is 0 Å². The lowest BCUT2D eigenvalue weighted by molar-refractivity contribution is -0.125. The Kier molecular flexibility index (Phi) is 8.44. The van der Waals surface area contributed by atoms with Gasteiger partial charge in [-0.2, -0.15) is 0 Å². The molecule has 0 saturated heterocycles. The van der Waals surface area contributed by atoms with Gasteiger partial charge in [0, 0.05) is 12.1 Å². The highest BCUT2D eigenvalue weighted by atomic mass is 19.1. The minimum atomic E-state index is -0.734. The van der Waals surface area contributed by atoms with Gasteiger partial charge in [0.25, 0.3) is 5.91 Å². The van der Waals surface area contributed by atoms with Crippen molar-refractivity contribution < 1.29 is 28.6 Å². The van der Waals surface area contributed by atoms with Crippen molar-refractivity contribution in [1.82, 2.24) is 10.6 Å². The number of rotatable bonds is 9. The van der Waals surface area contributed by atoms with Crippen molar-refractivity contribution in [2.45, 2.75) is 31.2 Å². The maximum absolute atomic E-state index is 13.4. The summed E-state index contributed by atoms with van der Waals surface area (Å²) in [5, 5.41) is 15.3. The third-order valence-electron chi connectivity index (χ3n) is 5.63. The van der Waals surface area contributed by atoms with Crippen LogP contribution in [0.4, 0.5) is 4.39 Å². The molecule has 0 aromatic heterocycles. The number of aliphatic hydroxyl groups excluding tert-OH is 1. The molecular formula is C28H27FN2O5. The molecule has 0 spiro atoms. The smallest absolute Gasteiger partial charge is 0.251 e. The summed E-state index contributed by atoms with van der Waals surface area (Å²) in [6, 6.07) is 21.6. The van der Waals surface area contributed by atoms with Gasteiger partial charge in [-0.25, -0.2) is 4.39 Å². The zero-order chi connectivity index (χ0) is 25.3. The summed E-state index contributed by atoms with van der Waals surface area (Å²) >= 11 is 0. The fraction of sp³-hybridized carbons (Fsp3) is 0.214. The average molecular weight is 491 g/mol. The number of hydrogen-bond acceptors (Lipinski definition) is 5. The third-order valence-corrected chi connectivity index (χ3v) is 5.63. The molecule has 1 aliphatic rings. The van der Waals surface area contributed by atoms with Crippen LogP contribution in [0.5, 0.6) is 11.5 Å². The molecule has 1 heterocycles. The Balaban J connectivity index is 1.25. The number of benzene rings is 3. The molecule has 3 N–H and O–H groups in total. The summed E-state index contributed by atoms with van der Waals surface area (Å²) in [4.78, 5) is 24.8. The number of carbonyl (C=O) groups excluding carboxylic acids is 2. The van der Waals surface area contributed by atoms with Gasteiger partial charge in [-0.1, -0.05) is 48.6 Å². The fourth-order valence-corrected chi connectivity index (χ4v) is 3.76. The van der Waals surface area contributed by atoms with Gasteiger partial charge in [-0.15, -0.1) is 0 Å². The van der Waals surface area contributed by atoms with Crippen LogP contribution in [0.2, 0.25) is 0 Å². The van der Waals surface area contributed by atoms with Gasteiger partial charge in [-0.3, -0.25) is 9.59 Å². The van der Waals surface area contributed by atoms with Crippen molar-refractivity contribution in [2.75, 3.05) is 6.61 Å². The lowest BCUT2D eigenvalue weighted by Crippen LogP contribution is -2.49. The first-order valence-corrected chi connectivity index (χ1v) is 11.6. The van der Waals surface area contributed by atoms with Crippen LogP contribution in [0.3, 0.4) is 0 Å². The Morgan fingerprint density at radius 3 is 2.42 bits per heavy atom. The molecule has 36 heavy (non-hydrogen) atoms. The van der Waals surface area contributed by atoms with E-state index >= 15 is 0 Å². The van der Waals surface area contributed by atoms with Crippen LogP contribution in [0, 0.1) is 5.82 Å². The summed E-state index contributed by atoms with van der Waals surface area (Å²) in [5.74, 6) is 0.234. The number of para-hydroxylation sites is 1. The predicted molar refractivity (Wildman–Crippen MR) is 132 cm³/mol. The first-order chi connectivity index (χ1) is 17.5. The first kappa shape index (κ1) is 25.1. The molecule has 4 rings (SSSR count). The lowest BCUT2D eigenvalue weighted by atomic mass is 10.0. The van der Waals surface area contributed by atoms with Crippen LogP contribution < -0.4 is 15.4 Å². The fourth-order valence-electron chi connectivity index (χ4n) is 3.76. The highest BCUT2D eigenvalue weighted by Crippen LogP contribution is 2.21. The number of ether oxygens (including phenoxy) is 2. The minimum absolute atomic E-state index is 0.0623. The Morgan fingerprint density at radius 2 is 1.69 bits per heavy atom. The van der Waals surface area contributed by atoms with Gasteiger partial charge < -0.3 is 25.2 Å². The maximum atomic E-state index is 13.4. The molecular weight excluding hydrogens is 463 g/mol. The zero-order valence-corrected chi connectivity index (χ0v) is 19.5. The van der Waals surface area contributed by atoms with E-state index in [4.69, 9.17) is 9.47 Å². The van der Waals surface area contributed by atoms with Crippen LogP contribution in [0.15, 0.2) is 91.0 Å². The number of carbonyl (C=O) groups is 2. The van der Waals surface area contributed by atoms with Gasteiger partial charge in [0.15, 0.2) is 0 Å². The van der Waals surface area contributed by atoms with Gasteiger partial charge >= 0.3 is 0 Å². The monoisotopic (exact) mass is 490 g/mol. The van der Waals surface area contributed by atoms with Gasteiger partial charge in [-0.05, 0) is 48.0 Å². The molecule has 0 fully saturated rings. The number of nitrogens with one attached hydrogen (secondary N) is 2. The Labute approximate surface area is 208 Å². The zero-order valence-electron chi connectivity index (χ0n) is 19.5. The number of amides is 2. The van der Waals surface area contributed by atoms with E-state index in [9.17, 15) is 19.1 Å². The molecule has 8 heteroatoms. The van der Waals surface area contributed by atoms with Crippen LogP contribution in [0.25, 0.3) is 0 Å². The van der Waals surface area contributed by atoms with Crippen LogP contribution in [-0.2, 0) is 16.1 Å². The number of halogens is 1. The van der Waals surface area contributed by atoms with Crippen LogP contribution in [-0.4, -0.2) is 41.8 Å². The molecule has 1 aliphatic heterocycles. The second kappa shape index (κ2) is 12.1. The first-order valence-electron chi connectivity index (χ1n) is 11.6. The van der Waals surface area contributed by atoms with E-state index in [0.29, 0.717) is 12.3 Å². The lowest BCUT2D eigenvalue weighted by Gasteiger charge is -2.31. The molecule has 3 aromatic carbocycles. The quantitative estimate of drug-likeness (QED) is 0.397. The second-order valence-corrected chi connectivity index (χ2v) is 8.33. The van der Waals surface area contributed by atoms with E-state index < -0.39 is 30.0 Å². The molecule has 0 aliphatic carbocycles. The van der Waals surface area contributed by atoms with Gasteiger partial charge in [0.1, 0.15) is 23.4 Å². The number of hydrogen-bond donors (Lipinski definition) is 3. The van der Waals surface area contributed by atoms with E-state index in [-0.39, 0.29) is 24.5 Å². The Hall–Kier alpha value is -4.01. The normalized spacial score (nSPS) is 18.9. The highest BCUT2D eigenvalue weighted by molar-refractivity contribution is 5.94. The van der Waals surface area contributed by atoms with Crippen molar-refractivity contribution in [3.63, 3.8) is 0 Å². The molecule has 0 unspecified atom stereocenters. The standard InChI is InChI=1S/C28H27FN2O5/c29-21-6-4-5-20(15-21)28(34)31-25-14-13-24(36-26(25)18-32)16-27(33)30-17-19-9-11-23(12-10-19)35-22-7-2-1-3-8-22/h1-15,24-26,32H,16-18H2,(H,30,33)(H,31,34)/t24-,25+,26+/m1/s1. The van der Waals surface area contributed by atoms with Gasteiger partial charge in [0.05, 0.1) is 25.2 Å². The Morgan fingerprint density at radius 1 is 0.944 bits per heavy atom. The van der Waals surface area contributed by atoms with Crippen molar-refractivity contribution in [1.29, 1.82) is 0 Å². The van der Waals surface area contributed by atoms with E-state index in [1.807, 2.05) is 54.6 Å². The molecule has 2 amide bonds. The van der Waals surface area contributed by atoms with Crippen molar-refractivity contribution in [3.05, 3.63) is 108 Å². The largest absolute Gasteiger partial charge is 0.457 e. The SMILES string of the molecule is O=C(C[C@H]1C=C[C@H](NC(=O)c2cccc(F)c2)[C@H](CO)O1)NCc1ccc(Oc2ccccc2)cc1. The van der Waals surface area contributed by atoms with Gasteiger partial charge in [0.2, 0.25) is 5.91 Å². The van der Waals surface area contributed by atoms with Crippen LogP contribution in [0.1, 0.15) is 22.3 Å². The summed E-state index contributed by atoms with van der Waals surface area (Å²) in [6.45, 7) is -0.00934. The van der Waals surface area contributed by atoms with Crippen molar-refractivity contribution >= 4 is 11.8 Å². The topological polar surface area (TPSA) is 96.9 Å². The predicted octanol–water partition coefficient (Wildman–Crippen LogP) is 3.74. The highest BCUT2D eigenvalue weighted by Gasteiger charge is 2.29. The summed E-state index contributed by atoms with van der Waals surface area (Å²) < 4.78 is 25.0. The molecule has 0 bridgehead atoms. The number of aliphatic hydroxyl groups is 1. The molecule has 3 atom stereocenters. The van der Waals surface area contributed by atoms with E-state index in [0.717, 1.165) is 17.4 Å². The summed E-state index contributed by atoms with van der Waals surface area (Å²) in [5.41, 5.74) is 1.08. The van der Waals surface area contributed by atoms with E-state index in [1.165, 1.54) is 18.2 Å². The summed E-state index contributed by atoms with van der Waals surface area (Å²) in [7, 11) is 0. The second-order valence-electron chi connectivity index (χ2n) is 8.33. The average Bonchev–Trinajstić information content (AvgIpc) is 2.89.